The van der Waals surface area contributed by atoms with Gasteiger partial charge in [0.1, 0.15) is 11.5 Å². The monoisotopic (exact) mass is 607 g/mol. The van der Waals surface area contributed by atoms with Gasteiger partial charge < -0.3 is 9.47 Å². The molecule has 39 heavy (non-hydrogen) atoms. The third kappa shape index (κ3) is 7.30. The summed E-state index contributed by atoms with van der Waals surface area (Å²) in [7, 11) is -2.21. The fourth-order valence-corrected chi connectivity index (χ4v) is 4.79. The number of ether oxygens (including phenoxy) is 2. The number of hydrazone groups is 1. The average molecular weight is 608 g/mol. The first-order valence-corrected chi connectivity index (χ1v) is 13.7. The molecule has 11 heteroatoms. The van der Waals surface area contributed by atoms with Crippen molar-refractivity contribution in [2.45, 2.75) is 4.90 Å². The van der Waals surface area contributed by atoms with Gasteiger partial charge in [-0.2, -0.15) is 5.10 Å². The molecule has 9 nitrogen and oxygen atoms in total. The van der Waals surface area contributed by atoms with Crippen molar-refractivity contribution in [3.05, 3.63) is 118 Å². The fraction of sp³-hybridized carbons (Fsp3) is 0.0357. The van der Waals surface area contributed by atoms with Crippen LogP contribution in [0.15, 0.2) is 112 Å². The number of sulfonamides is 1. The number of esters is 1. The van der Waals surface area contributed by atoms with Gasteiger partial charge in [0.2, 0.25) is 0 Å². The lowest BCUT2D eigenvalue weighted by molar-refractivity contribution is 0.0734. The van der Waals surface area contributed by atoms with E-state index in [1.807, 2.05) is 0 Å². The molecule has 0 saturated carbocycles. The molecule has 0 radical (unpaired) electrons. The number of hydrogen-bond donors (Lipinski definition) is 2. The summed E-state index contributed by atoms with van der Waals surface area (Å²) in [5.41, 5.74) is 3.75. The summed E-state index contributed by atoms with van der Waals surface area (Å²) in [6.45, 7) is 0. The number of carbonyl (C=O) groups excluding carboxylic acids is 2. The molecule has 0 fully saturated rings. The maximum Gasteiger partial charge on any atom is 0.343 e. The van der Waals surface area contributed by atoms with Crippen LogP contribution in [0.2, 0.25) is 0 Å². The zero-order valence-corrected chi connectivity index (χ0v) is 22.9. The van der Waals surface area contributed by atoms with E-state index in [-0.39, 0.29) is 16.2 Å². The molecule has 198 valence electrons. The lowest BCUT2D eigenvalue weighted by Crippen LogP contribution is -2.18. The van der Waals surface area contributed by atoms with E-state index in [4.69, 9.17) is 9.47 Å². The van der Waals surface area contributed by atoms with E-state index in [1.54, 1.807) is 60.7 Å². The normalized spacial score (nSPS) is 11.1. The van der Waals surface area contributed by atoms with Gasteiger partial charge in [-0.1, -0.05) is 34.1 Å². The van der Waals surface area contributed by atoms with E-state index in [1.165, 1.54) is 49.7 Å². The van der Waals surface area contributed by atoms with E-state index >= 15 is 0 Å². The molecule has 0 spiro atoms. The van der Waals surface area contributed by atoms with Crippen LogP contribution in [-0.4, -0.2) is 33.6 Å². The highest BCUT2D eigenvalue weighted by molar-refractivity contribution is 9.10. The van der Waals surface area contributed by atoms with Gasteiger partial charge in [-0.3, -0.25) is 9.52 Å². The predicted octanol–water partition coefficient (Wildman–Crippen LogP) is 5.24. The number of hydrogen-bond acceptors (Lipinski definition) is 7. The van der Waals surface area contributed by atoms with Crippen molar-refractivity contribution in [3.63, 3.8) is 0 Å². The quantitative estimate of drug-likeness (QED) is 0.116. The topological polar surface area (TPSA) is 123 Å². The number of carbonyl (C=O) groups is 2. The number of benzene rings is 4. The molecule has 0 aromatic heterocycles. The van der Waals surface area contributed by atoms with Crippen molar-refractivity contribution in [1.29, 1.82) is 0 Å². The van der Waals surface area contributed by atoms with Crippen molar-refractivity contribution < 1.29 is 27.5 Å². The first-order valence-electron chi connectivity index (χ1n) is 11.4. The maximum absolute atomic E-state index is 12.6. The number of nitrogens with one attached hydrogen (secondary N) is 2. The minimum atomic E-state index is -3.75. The first kappa shape index (κ1) is 27.6. The van der Waals surface area contributed by atoms with Crippen LogP contribution >= 0.6 is 15.9 Å². The van der Waals surface area contributed by atoms with Gasteiger partial charge in [0, 0.05) is 21.3 Å². The second-order valence-corrected chi connectivity index (χ2v) is 10.6. The SMILES string of the molecule is COc1ccc(C(=O)Oc2ccc(Br)cc2C=NNC(=O)c2ccc(NS(=O)(=O)c3ccccc3)cc2)cc1. The molecule has 4 rings (SSSR count). The molecule has 0 bridgehead atoms. The average Bonchev–Trinajstić information content (AvgIpc) is 2.95. The Morgan fingerprint density at radius 2 is 1.54 bits per heavy atom. The highest BCUT2D eigenvalue weighted by Crippen LogP contribution is 2.23. The third-order valence-corrected chi connectivity index (χ3v) is 7.21. The van der Waals surface area contributed by atoms with E-state index in [2.05, 4.69) is 31.2 Å². The van der Waals surface area contributed by atoms with Crippen LogP contribution < -0.4 is 19.6 Å². The Morgan fingerprint density at radius 1 is 0.872 bits per heavy atom. The molecule has 4 aromatic rings. The fourth-order valence-electron chi connectivity index (χ4n) is 3.33. The van der Waals surface area contributed by atoms with Crippen LogP contribution in [0.4, 0.5) is 5.69 Å². The molecule has 1 amide bonds. The van der Waals surface area contributed by atoms with Crippen LogP contribution in [-0.2, 0) is 10.0 Å². The molecule has 0 aliphatic carbocycles. The van der Waals surface area contributed by atoms with Crippen molar-refractivity contribution >= 4 is 49.7 Å². The lowest BCUT2D eigenvalue weighted by Gasteiger charge is -2.09. The van der Waals surface area contributed by atoms with Crippen molar-refractivity contribution in [3.8, 4) is 11.5 Å². The first-order chi connectivity index (χ1) is 18.7. The second kappa shape index (κ2) is 12.4. The number of methoxy groups -OCH3 is 1. The zero-order valence-electron chi connectivity index (χ0n) is 20.5. The maximum atomic E-state index is 12.6. The Bertz CT molecular complexity index is 1610. The Kier molecular flexibility index (Phi) is 8.74. The van der Waals surface area contributed by atoms with E-state index in [0.29, 0.717) is 27.0 Å². The number of amides is 1. The Hall–Kier alpha value is -4.48. The van der Waals surface area contributed by atoms with Crippen molar-refractivity contribution in [2.24, 2.45) is 5.10 Å². The van der Waals surface area contributed by atoms with Gasteiger partial charge in [-0.15, -0.1) is 0 Å². The van der Waals surface area contributed by atoms with Crippen molar-refractivity contribution in [1.82, 2.24) is 5.43 Å². The molecule has 0 aliphatic heterocycles. The Morgan fingerprint density at radius 3 is 2.21 bits per heavy atom. The number of anilines is 1. The van der Waals surface area contributed by atoms with Crippen LogP contribution in [0.25, 0.3) is 0 Å². The van der Waals surface area contributed by atoms with Crippen LogP contribution in [0, 0.1) is 0 Å². The van der Waals surface area contributed by atoms with Crippen LogP contribution in [0.5, 0.6) is 11.5 Å². The summed E-state index contributed by atoms with van der Waals surface area (Å²) in [5, 5.41) is 3.98. The Balaban J connectivity index is 1.40. The molecule has 4 aromatic carbocycles. The van der Waals surface area contributed by atoms with Crippen molar-refractivity contribution in [2.75, 3.05) is 11.8 Å². The van der Waals surface area contributed by atoms with Crippen LogP contribution in [0.3, 0.4) is 0 Å². The second-order valence-electron chi connectivity index (χ2n) is 8.00. The summed E-state index contributed by atoms with van der Waals surface area (Å²) in [5.74, 6) is -0.230. The molecule has 0 atom stereocenters. The molecule has 0 saturated heterocycles. The minimum Gasteiger partial charge on any atom is -0.497 e. The predicted molar refractivity (Wildman–Crippen MR) is 151 cm³/mol. The number of halogens is 1. The Labute approximate surface area is 233 Å². The van der Waals surface area contributed by atoms with Gasteiger partial charge in [-0.25, -0.2) is 18.6 Å². The highest BCUT2D eigenvalue weighted by atomic mass is 79.9. The van der Waals surface area contributed by atoms with Gasteiger partial charge in [-0.05, 0) is 78.9 Å². The molecular weight excluding hydrogens is 586 g/mol. The summed E-state index contributed by atoms with van der Waals surface area (Å²) in [6, 6.07) is 25.3. The van der Waals surface area contributed by atoms with E-state index in [9.17, 15) is 18.0 Å². The molecule has 0 heterocycles. The van der Waals surface area contributed by atoms with E-state index in [0.717, 1.165) is 0 Å². The van der Waals surface area contributed by atoms with Crippen LogP contribution in [0.1, 0.15) is 26.3 Å². The number of rotatable bonds is 9. The molecule has 0 unspecified atom stereocenters. The summed E-state index contributed by atoms with van der Waals surface area (Å²) >= 11 is 3.37. The zero-order chi connectivity index (χ0) is 27.8. The molecule has 0 aliphatic rings. The molecule has 2 N–H and O–H groups in total. The lowest BCUT2D eigenvalue weighted by atomic mass is 10.2. The highest BCUT2D eigenvalue weighted by Gasteiger charge is 2.14. The van der Waals surface area contributed by atoms with Gasteiger partial charge in [0.15, 0.2) is 0 Å². The van der Waals surface area contributed by atoms with Gasteiger partial charge in [0.25, 0.3) is 15.9 Å². The largest absolute Gasteiger partial charge is 0.497 e. The number of nitrogens with zero attached hydrogens (tertiary/aromatic N) is 1. The standard InChI is InChI=1S/C28H22BrN3O6S/c1-37-24-14-9-20(10-15-24)28(34)38-26-16-11-22(29)17-21(26)18-30-31-27(33)19-7-12-23(13-8-19)32-39(35,36)25-5-3-2-4-6-25/h2-18,32H,1H3,(H,31,33). The van der Waals surface area contributed by atoms with Gasteiger partial charge >= 0.3 is 5.97 Å². The van der Waals surface area contributed by atoms with E-state index < -0.39 is 21.9 Å². The third-order valence-electron chi connectivity index (χ3n) is 5.32. The molecular formula is C28H22BrN3O6S. The summed E-state index contributed by atoms with van der Waals surface area (Å²) < 4.78 is 38.8. The smallest absolute Gasteiger partial charge is 0.343 e. The summed E-state index contributed by atoms with van der Waals surface area (Å²) in [4.78, 5) is 25.3. The summed E-state index contributed by atoms with van der Waals surface area (Å²) in [6.07, 6.45) is 1.35. The van der Waals surface area contributed by atoms with Gasteiger partial charge in [0.05, 0.1) is 23.8 Å². The minimum absolute atomic E-state index is 0.128.